The number of nitrogens with one attached hydrogen (secondary N) is 1. The molecule has 0 aliphatic heterocycles. The van der Waals surface area contributed by atoms with Crippen molar-refractivity contribution >= 4 is 33.0 Å². The second kappa shape index (κ2) is 6.75. The van der Waals surface area contributed by atoms with Crippen molar-refractivity contribution in [2.45, 2.75) is 12.2 Å². The highest BCUT2D eigenvalue weighted by atomic mass is 35.5. The molecule has 5 nitrogen and oxygen atoms in total. The van der Waals surface area contributed by atoms with E-state index < -0.39 is 21.0 Å². The first-order valence-electron chi connectivity index (χ1n) is 5.64. The minimum absolute atomic E-state index is 0.334. The number of hydrogen-bond donors (Lipinski definition) is 2. The van der Waals surface area contributed by atoms with Crippen LogP contribution in [0.1, 0.15) is 12.5 Å². The van der Waals surface area contributed by atoms with Gasteiger partial charge in [-0.05, 0) is 25.1 Å². The molecule has 0 spiro atoms. The van der Waals surface area contributed by atoms with Crippen LogP contribution < -0.4 is 5.32 Å². The molecule has 0 heterocycles. The number of aliphatic hydroxyl groups is 1. The molecule has 0 aromatic heterocycles. The maximum absolute atomic E-state index is 11.8. The molecule has 1 rings (SSSR count). The standard InChI is InChI=1S/C13H14ClNO4S/c1-9(20(2,18)19)13(17)15-12-6-5-11(14)8-10(12)4-3-7-16/h5-6,8-9,16H,7H2,1-2H3,(H,15,17). The molecular weight excluding hydrogens is 302 g/mol. The molecule has 1 aromatic rings. The van der Waals surface area contributed by atoms with Gasteiger partial charge in [0.05, 0.1) is 5.69 Å². The molecule has 1 atom stereocenters. The molecule has 20 heavy (non-hydrogen) atoms. The minimum Gasteiger partial charge on any atom is -0.384 e. The number of amides is 1. The SMILES string of the molecule is CC(C(=O)Nc1ccc(Cl)cc1C#CCO)S(C)(=O)=O. The molecule has 108 valence electrons. The molecular formula is C13H14ClNO4S. The number of anilines is 1. The summed E-state index contributed by atoms with van der Waals surface area (Å²) in [6, 6.07) is 4.59. The summed E-state index contributed by atoms with van der Waals surface area (Å²) >= 11 is 5.83. The van der Waals surface area contributed by atoms with E-state index in [1.54, 1.807) is 6.07 Å². The lowest BCUT2D eigenvalue weighted by Gasteiger charge is -2.12. The lowest BCUT2D eigenvalue weighted by atomic mass is 10.1. The molecule has 7 heteroatoms. The third kappa shape index (κ3) is 4.53. The number of aliphatic hydroxyl groups excluding tert-OH is 1. The Morgan fingerprint density at radius 3 is 2.70 bits per heavy atom. The molecule has 1 amide bonds. The minimum atomic E-state index is -3.47. The van der Waals surface area contributed by atoms with Gasteiger partial charge in [-0.15, -0.1) is 0 Å². The number of benzene rings is 1. The highest BCUT2D eigenvalue weighted by Crippen LogP contribution is 2.20. The summed E-state index contributed by atoms with van der Waals surface area (Å²) in [7, 11) is -3.47. The third-order valence-electron chi connectivity index (χ3n) is 2.55. The lowest BCUT2D eigenvalue weighted by Crippen LogP contribution is -2.32. The topological polar surface area (TPSA) is 83.5 Å². The van der Waals surface area contributed by atoms with Crippen molar-refractivity contribution < 1.29 is 18.3 Å². The van der Waals surface area contributed by atoms with Crippen LogP contribution in [0, 0.1) is 11.8 Å². The summed E-state index contributed by atoms with van der Waals surface area (Å²) in [5.41, 5.74) is 0.747. The molecule has 2 N–H and O–H groups in total. The first-order valence-corrected chi connectivity index (χ1v) is 7.98. The van der Waals surface area contributed by atoms with Crippen LogP contribution in [0.5, 0.6) is 0 Å². The van der Waals surface area contributed by atoms with Gasteiger partial charge in [-0.3, -0.25) is 4.79 Å². The summed E-state index contributed by atoms with van der Waals surface area (Å²) in [4.78, 5) is 11.8. The zero-order chi connectivity index (χ0) is 15.3. The summed E-state index contributed by atoms with van der Waals surface area (Å²) in [6.45, 7) is 0.972. The van der Waals surface area contributed by atoms with E-state index >= 15 is 0 Å². The van der Waals surface area contributed by atoms with Gasteiger partial charge in [0, 0.05) is 16.8 Å². The van der Waals surface area contributed by atoms with Crippen molar-refractivity contribution in [3.05, 3.63) is 28.8 Å². The maximum Gasteiger partial charge on any atom is 0.242 e. The first kappa shape index (κ1) is 16.5. The van der Waals surface area contributed by atoms with Gasteiger partial charge >= 0.3 is 0 Å². The van der Waals surface area contributed by atoms with E-state index in [1.807, 2.05) is 0 Å². The van der Waals surface area contributed by atoms with E-state index in [4.69, 9.17) is 16.7 Å². The largest absolute Gasteiger partial charge is 0.384 e. The van der Waals surface area contributed by atoms with Gasteiger partial charge in [-0.1, -0.05) is 23.4 Å². The Morgan fingerprint density at radius 1 is 1.50 bits per heavy atom. The highest BCUT2D eigenvalue weighted by Gasteiger charge is 2.24. The molecule has 0 aliphatic carbocycles. The van der Waals surface area contributed by atoms with Gasteiger partial charge in [0.25, 0.3) is 0 Å². The normalized spacial score (nSPS) is 12.2. The van der Waals surface area contributed by atoms with Gasteiger partial charge in [0.2, 0.25) is 5.91 Å². The molecule has 0 fully saturated rings. The number of hydrogen-bond acceptors (Lipinski definition) is 4. The predicted octanol–water partition coefficient (Wildman–Crippen LogP) is 1.06. The molecule has 1 aromatic carbocycles. The van der Waals surface area contributed by atoms with Crippen molar-refractivity contribution in [2.75, 3.05) is 18.2 Å². The third-order valence-corrected chi connectivity index (χ3v) is 4.29. The van der Waals surface area contributed by atoms with E-state index in [1.165, 1.54) is 19.1 Å². The van der Waals surface area contributed by atoms with Crippen LogP contribution in [-0.2, 0) is 14.6 Å². The number of carbonyl (C=O) groups excluding carboxylic acids is 1. The first-order chi connectivity index (χ1) is 9.25. The van der Waals surface area contributed by atoms with Crippen molar-refractivity contribution in [1.29, 1.82) is 0 Å². The van der Waals surface area contributed by atoms with Crippen molar-refractivity contribution in [1.82, 2.24) is 0 Å². The van der Waals surface area contributed by atoms with Crippen molar-refractivity contribution in [3.63, 3.8) is 0 Å². The molecule has 0 saturated carbocycles. The van der Waals surface area contributed by atoms with Crippen LogP contribution in [0.4, 0.5) is 5.69 Å². The molecule has 0 saturated heterocycles. The molecule has 0 radical (unpaired) electrons. The maximum atomic E-state index is 11.8. The van der Waals surface area contributed by atoms with E-state index in [9.17, 15) is 13.2 Å². The Kier molecular flexibility index (Phi) is 5.57. The van der Waals surface area contributed by atoms with Gasteiger partial charge < -0.3 is 10.4 Å². The van der Waals surface area contributed by atoms with Gasteiger partial charge in [0.1, 0.15) is 11.9 Å². The zero-order valence-corrected chi connectivity index (χ0v) is 12.5. The number of rotatable bonds is 3. The van der Waals surface area contributed by atoms with Crippen molar-refractivity contribution in [3.8, 4) is 11.8 Å². The summed E-state index contributed by atoms with van der Waals surface area (Å²) in [6.07, 6.45) is 0.992. The van der Waals surface area contributed by atoms with Gasteiger partial charge in [0.15, 0.2) is 9.84 Å². The predicted molar refractivity (Wildman–Crippen MR) is 78.4 cm³/mol. The quantitative estimate of drug-likeness (QED) is 0.817. The molecule has 0 bridgehead atoms. The summed E-state index contributed by atoms with van der Waals surface area (Å²) in [5.74, 6) is 4.43. The van der Waals surface area contributed by atoms with E-state index in [0.29, 0.717) is 16.3 Å². The average Bonchev–Trinajstić information content (AvgIpc) is 2.36. The number of halogens is 1. The Hall–Kier alpha value is -1.55. The van der Waals surface area contributed by atoms with Crippen molar-refractivity contribution in [2.24, 2.45) is 0 Å². The summed E-state index contributed by atoms with van der Waals surface area (Å²) in [5, 5.41) is 10.4. The molecule has 0 aliphatic rings. The Morgan fingerprint density at radius 2 is 2.15 bits per heavy atom. The second-order valence-corrected chi connectivity index (χ2v) is 6.91. The van der Waals surface area contributed by atoms with Gasteiger partial charge in [-0.25, -0.2) is 8.42 Å². The Labute approximate surface area is 122 Å². The van der Waals surface area contributed by atoms with E-state index in [0.717, 1.165) is 6.26 Å². The Balaban J connectivity index is 3.06. The lowest BCUT2D eigenvalue weighted by molar-refractivity contribution is -0.115. The Bertz CT molecular complexity index is 673. The smallest absolute Gasteiger partial charge is 0.242 e. The van der Waals surface area contributed by atoms with Crippen LogP contribution in [0.25, 0.3) is 0 Å². The monoisotopic (exact) mass is 315 g/mol. The average molecular weight is 316 g/mol. The molecule has 1 unspecified atom stereocenters. The van der Waals surface area contributed by atoms with E-state index in [2.05, 4.69) is 17.2 Å². The fraction of sp³-hybridized carbons (Fsp3) is 0.308. The van der Waals surface area contributed by atoms with Gasteiger partial charge in [-0.2, -0.15) is 0 Å². The van der Waals surface area contributed by atoms with Crippen LogP contribution in [0.3, 0.4) is 0 Å². The summed E-state index contributed by atoms with van der Waals surface area (Å²) < 4.78 is 22.7. The van der Waals surface area contributed by atoms with Crippen LogP contribution >= 0.6 is 11.6 Å². The second-order valence-electron chi connectivity index (χ2n) is 4.11. The van der Waals surface area contributed by atoms with Crippen LogP contribution in [0.15, 0.2) is 18.2 Å². The number of carbonyl (C=O) groups is 1. The fourth-order valence-electron chi connectivity index (χ4n) is 1.29. The fourth-order valence-corrected chi connectivity index (χ4v) is 1.91. The van der Waals surface area contributed by atoms with Crippen LogP contribution in [-0.4, -0.2) is 37.5 Å². The van der Waals surface area contributed by atoms with E-state index in [-0.39, 0.29) is 6.61 Å². The number of sulfone groups is 1. The zero-order valence-electron chi connectivity index (χ0n) is 11.0. The highest BCUT2D eigenvalue weighted by molar-refractivity contribution is 7.92. The van der Waals surface area contributed by atoms with Crippen LogP contribution in [0.2, 0.25) is 5.02 Å².